The summed E-state index contributed by atoms with van der Waals surface area (Å²) in [4.78, 5) is 28.4. The number of aromatic nitrogens is 1. The van der Waals surface area contributed by atoms with Gasteiger partial charge >= 0.3 is 0 Å². The van der Waals surface area contributed by atoms with Crippen LogP contribution in [0, 0.1) is 0 Å². The lowest BCUT2D eigenvalue weighted by atomic mass is 10.2. The highest BCUT2D eigenvalue weighted by Crippen LogP contribution is 2.25. The van der Waals surface area contributed by atoms with Gasteiger partial charge in [0, 0.05) is 34.3 Å². The monoisotopic (exact) mass is 371 g/mol. The first kappa shape index (κ1) is 17.1. The molecular weight excluding hydrogens is 358 g/mol. The molecular formula is C18H14ClN3O2S. The summed E-state index contributed by atoms with van der Waals surface area (Å²) >= 11 is 7.26. The Hall–Kier alpha value is -2.70. The molecule has 0 aliphatic heterocycles. The molecule has 0 aliphatic rings. The van der Waals surface area contributed by atoms with Crippen LogP contribution < -0.4 is 10.6 Å². The van der Waals surface area contributed by atoms with Crippen molar-refractivity contribution >= 4 is 40.4 Å². The Labute approximate surface area is 153 Å². The van der Waals surface area contributed by atoms with Crippen molar-refractivity contribution in [1.82, 2.24) is 10.3 Å². The van der Waals surface area contributed by atoms with Crippen molar-refractivity contribution in [3.8, 4) is 10.6 Å². The maximum Gasteiger partial charge on any atom is 0.275 e. The zero-order valence-corrected chi connectivity index (χ0v) is 14.8. The van der Waals surface area contributed by atoms with Crippen molar-refractivity contribution in [1.29, 1.82) is 0 Å². The second kappa shape index (κ2) is 7.46. The van der Waals surface area contributed by atoms with E-state index in [-0.39, 0.29) is 11.8 Å². The van der Waals surface area contributed by atoms with Gasteiger partial charge < -0.3 is 10.6 Å². The number of halogens is 1. The third-order valence-corrected chi connectivity index (χ3v) is 4.58. The Balaban J connectivity index is 1.76. The van der Waals surface area contributed by atoms with E-state index in [4.69, 9.17) is 11.6 Å². The van der Waals surface area contributed by atoms with Gasteiger partial charge in [-0.15, -0.1) is 11.3 Å². The summed E-state index contributed by atoms with van der Waals surface area (Å²) < 4.78 is 0. The number of nitrogens with zero attached hydrogens (tertiary/aromatic N) is 1. The minimum atomic E-state index is -0.328. The highest BCUT2D eigenvalue weighted by atomic mass is 35.5. The molecule has 1 heterocycles. The maximum absolute atomic E-state index is 12.4. The van der Waals surface area contributed by atoms with E-state index in [9.17, 15) is 9.59 Å². The number of hydrogen-bond acceptors (Lipinski definition) is 4. The van der Waals surface area contributed by atoms with Crippen molar-refractivity contribution in [2.45, 2.75) is 0 Å². The Morgan fingerprint density at radius 2 is 1.84 bits per heavy atom. The van der Waals surface area contributed by atoms with E-state index in [0.717, 1.165) is 10.6 Å². The number of rotatable bonds is 4. The molecule has 0 spiro atoms. The summed E-state index contributed by atoms with van der Waals surface area (Å²) in [6.07, 6.45) is 0. The van der Waals surface area contributed by atoms with E-state index in [0.29, 0.717) is 22.0 Å². The average Bonchev–Trinajstić information content (AvgIpc) is 3.12. The molecule has 7 heteroatoms. The predicted molar refractivity (Wildman–Crippen MR) is 100 cm³/mol. The molecule has 0 aliphatic carbocycles. The zero-order valence-electron chi connectivity index (χ0n) is 13.2. The first-order chi connectivity index (χ1) is 12.1. The SMILES string of the molecule is CNC(=O)c1cccc(NC(=O)c2csc(-c3ccc(Cl)cc3)n2)c1. The van der Waals surface area contributed by atoms with E-state index in [2.05, 4.69) is 15.6 Å². The number of thiazole rings is 1. The summed E-state index contributed by atoms with van der Waals surface area (Å²) in [6.45, 7) is 0. The van der Waals surface area contributed by atoms with Crippen LogP contribution >= 0.6 is 22.9 Å². The van der Waals surface area contributed by atoms with Crippen molar-refractivity contribution < 1.29 is 9.59 Å². The van der Waals surface area contributed by atoms with Gasteiger partial charge in [0.05, 0.1) is 0 Å². The van der Waals surface area contributed by atoms with Gasteiger partial charge in [-0.1, -0.05) is 29.8 Å². The van der Waals surface area contributed by atoms with Crippen molar-refractivity contribution in [3.05, 3.63) is 70.2 Å². The van der Waals surface area contributed by atoms with Gasteiger partial charge in [0.2, 0.25) is 0 Å². The molecule has 3 aromatic rings. The standard InChI is InChI=1S/C18H14ClN3O2S/c1-20-16(23)12-3-2-4-14(9-12)21-17(24)15-10-25-18(22-15)11-5-7-13(19)8-6-11/h2-10H,1H3,(H,20,23)(H,21,24). The Bertz CT molecular complexity index is 922. The fourth-order valence-corrected chi connectivity index (χ4v) is 3.11. The summed E-state index contributed by atoms with van der Waals surface area (Å²) in [5.41, 5.74) is 2.22. The molecule has 0 unspecified atom stereocenters. The first-order valence-corrected chi connectivity index (χ1v) is 8.67. The highest BCUT2D eigenvalue weighted by Gasteiger charge is 2.13. The van der Waals surface area contributed by atoms with E-state index in [1.807, 2.05) is 12.1 Å². The lowest BCUT2D eigenvalue weighted by Crippen LogP contribution is -2.18. The van der Waals surface area contributed by atoms with Crippen LogP contribution in [0.4, 0.5) is 5.69 Å². The lowest BCUT2D eigenvalue weighted by molar-refractivity contribution is 0.0961. The molecule has 126 valence electrons. The van der Waals surface area contributed by atoms with Gasteiger partial charge in [-0.25, -0.2) is 4.98 Å². The molecule has 0 saturated carbocycles. The Morgan fingerprint density at radius 3 is 2.56 bits per heavy atom. The molecule has 2 amide bonds. The molecule has 25 heavy (non-hydrogen) atoms. The third-order valence-electron chi connectivity index (χ3n) is 3.44. The number of nitrogens with one attached hydrogen (secondary N) is 2. The van der Waals surface area contributed by atoms with Crippen LogP contribution in [-0.2, 0) is 0 Å². The molecule has 2 aromatic carbocycles. The van der Waals surface area contributed by atoms with E-state index in [1.165, 1.54) is 11.3 Å². The molecule has 0 radical (unpaired) electrons. The molecule has 1 aromatic heterocycles. The maximum atomic E-state index is 12.4. The minimum absolute atomic E-state index is 0.213. The van der Waals surface area contributed by atoms with Crippen molar-refractivity contribution in [2.24, 2.45) is 0 Å². The van der Waals surface area contributed by atoms with Crippen LogP contribution in [-0.4, -0.2) is 23.8 Å². The third kappa shape index (κ3) is 4.04. The summed E-state index contributed by atoms with van der Waals surface area (Å²) in [5, 5.41) is 8.38. The molecule has 0 bridgehead atoms. The number of benzene rings is 2. The molecule has 0 fully saturated rings. The fourth-order valence-electron chi connectivity index (χ4n) is 2.18. The lowest BCUT2D eigenvalue weighted by Gasteiger charge is -2.05. The smallest absolute Gasteiger partial charge is 0.275 e. The van der Waals surface area contributed by atoms with Gasteiger partial charge in [-0.2, -0.15) is 0 Å². The van der Waals surface area contributed by atoms with Gasteiger partial charge in [0.25, 0.3) is 11.8 Å². The van der Waals surface area contributed by atoms with Crippen molar-refractivity contribution in [3.63, 3.8) is 0 Å². The van der Waals surface area contributed by atoms with Crippen LogP contribution in [0.15, 0.2) is 53.9 Å². The Morgan fingerprint density at radius 1 is 1.08 bits per heavy atom. The largest absolute Gasteiger partial charge is 0.355 e. The minimum Gasteiger partial charge on any atom is -0.355 e. The topological polar surface area (TPSA) is 71.1 Å². The molecule has 0 atom stereocenters. The molecule has 2 N–H and O–H groups in total. The van der Waals surface area contributed by atoms with Crippen LogP contribution in [0.3, 0.4) is 0 Å². The first-order valence-electron chi connectivity index (χ1n) is 7.42. The quantitative estimate of drug-likeness (QED) is 0.726. The van der Waals surface area contributed by atoms with Crippen molar-refractivity contribution in [2.75, 3.05) is 12.4 Å². The van der Waals surface area contributed by atoms with Gasteiger partial charge in [-0.3, -0.25) is 9.59 Å². The van der Waals surface area contributed by atoms with Gasteiger partial charge in [0.15, 0.2) is 0 Å². The molecule has 0 saturated heterocycles. The van der Waals surface area contributed by atoms with Crippen LogP contribution in [0.5, 0.6) is 0 Å². The number of carbonyl (C=O) groups is 2. The normalized spacial score (nSPS) is 10.3. The van der Waals surface area contributed by atoms with Crippen LogP contribution in [0.2, 0.25) is 5.02 Å². The zero-order chi connectivity index (χ0) is 17.8. The second-order valence-electron chi connectivity index (χ2n) is 5.16. The summed E-state index contributed by atoms with van der Waals surface area (Å²) in [6, 6.07) is 14.0. The number of hydrogen-bond donors (Lipinski definition) is 2. The van der Waals surface area contributed by atoms with E-state index < -0.39 is 0 Å². The molecule has 3 rings (SSSR count). The highest BCUT2D eigenvalue weighted by molar-refractivity contribution is 7.13. The fraction of sp³-hybridized carbons (Fsp3) is 0.0556. The second-order valence-corrected chi connectivity index (χ2v) is 6.45. The average molecular weight is 372 g/mol. The van der Waals surface area contributed by atoms with Gasteiger partial charge in [0.1, 0.15) is 10.7 Å². The Kier molecular flexibility index (Phi) is 5.11. The van der Waals surface area contributed by atoms with Crippen LogP contribution in [0.25, 0.3) is 10.6 Å². The number of carbonyl (C=O) groups excluding carboxylic acids is 2. The summed E-state index contributed by atoms with van der Waals surface area (Å²) in [5.74, 6) is -0.541. The number of amides is 2. The summed E-state index contributed by atoms with van der Waals surface area (Å²) in [7, 11) is 1.56. The predicted octanol–water partition coefficient (Wildman–Crippen LogP) is 4.08. The number of anilines is 1. The molecule has 5 nitrogen and oxygen atoms in total. The van der Waals surface area contributed by atoms with Crippen LogP contribution in [0.1, 0.15) is 20.8 Å². The van der Waals surface area contributed by atoms with Gasteiger partial charge in [-0.05, 0) is 30.3 Å². The van der Waals surface area contributed by atoms with E-state index >= 15 is 0 Å². The van der Waals surface area contributed by atoms with E-state index in [1.54, 1.807) is 48.8 Å².